The summed E-state index contributed by atoms with van der Waals surface area (Å²) in [5.74, 6) is -0.0518. The first-order valence-electron chi connectivity index (χ1n) is 8.79. The molecule has 0 aliphatic rings. The summed E-state index contributed by atoms with van der Waals surface area (Å²) in [6.07, 6.45) is 0. The van der Waals surface area contributed by atoms with Crippen molar-refractivity contribution in [3.63, 3.8) is 0 Å². The van der Waals surface area contributed by atoms with Crippen LogP contribution in [0.5, 0.6) is 5.75 Å². The maximum absolute atomic E-state index is 13.4. The Morgan fingerprint density at radius 2 is 1.68 bits per heavy atom. The third-order valence-electron chi connectivity index (χ3n) is 4.54. The smallest absolute Gasteiger partial charge is 0.268 e. The molecule has 138 valence electrons. The van der Waals surface area contributed by atoms with E-state index in [1.807, 2.05) is 72.8 Å². The summed E-state index contributed by atoms with van der Waals surface area (Å²) in [5, 5.41) is 11.5. The molecule has 0 unspecified atom stereocenters. The minimum absolute atomic E-state index is 0.0518. The van der Waals surface area contributed by atoms with Crippen molar-refractivity contribution in [1.29, 1.82) is 0 Å². The molecule has 5 heteroatoms. The molecule has 0 fully saturated rings. The Bertz CT molecular complexity index is 1260. The zero-order valence-electron chi connectivity index (χ0n) is 15.1. The van der Waals surface area contributed by atoms with Crippen molar-refractivity contribution in [2.45, 2.75) is 6.92 Å². The van der Waals surface area contributed by atoms with Crippen LogP contribution in [0.1, 0.15) is 12.5 Å². The molecule has 28 heavy (non-hydrogen) atoms. The fourth-order valence-corrected chi connectivity index (χ4v) is 3.67. The van der Waals surface area contributed by atoms with Gasteiger partial charge >= 0.3 is 0 Å². The number of hydrogen-bond donors (Lipinski definition) is 1. The maximum Gasteiger partial charge on any atom is 0.268 e. The fraction of sp³-hybridized carbons (Fsp3) is 0.0435. The summed E-state index contributed by atoms with van der Waals surface area (Å²) >= 11 is 3.43. The number of halogens is 1. The largest absolute Gasteiger partial charge is 0.506 e. The molecule has 0 amide bonds. The summed E-state index contributed by atoms with van der Waals surface area (Å²) in [5.41, 5.74) is 2.43. The van der Waals surface area contributed by atoms with Crippen molar-refractivity contribution in [1.82, 2.24) is 4.57 Å². The molecular weight excluding hydrogens is 416 g/mol. The Hall–Kier alpha value is -3.18. The van der Waals surface area contributed by atoms with Gasteiger partial charge in [0.25, 0.3) is 5.56 Å². The van der Waals surface area contributed by atoms with E-state index >= 15 is 0 Å². The first-order chi connectivity index (χ1) is 13.6. The van der Waals surface area contributed by atoms with Gasteiger partial charge in [-0.3, -0.25) is 14.4 Å². The zero-order valence-corrected chi connectivity index (χ0v) is 16.7. The lowest BCUT2D eigenvalue weighted by Gasteiger charge is -2.15. The molecule has 4 nitrogen and oxygen atoms in total. The molecular formula is C23H17BrN2O2. The quantitative estimate of drug-likeness (QED) is 0.428. The van der Waals surface area contributed by atoms with Gasteiger partial charge in [0.1, 0.15) is 11.3 Å². The van der Waals surface area contributed by atoms with Gasteiger partial charge < -0.3 is 5.11 Å². The van der Waals surface area contributed by atoms with Crippen molar-refractivity contribution in [2.24, 2.45) is 4.99 Å². The Morgan fingerprint density at radius 1 is 0.964 bits per heavy atom. The maximum atomic E-state index is 13.4. The van der Waals surface area contributed by atoms with Gasteiger partial charge in [-0.15, -0.1) is 0 Å². The molecule has 0 bridgehead atoms. The summed E-state index contributed by atoms with van der Waals surface area (Å²) in [6.45, 7) is 1.74. The van der Waals surface area contributed by atoms with E-state index in [0.29, 0.717) is 22.3 Å². The third-order valence-corrected chi connectivity index (χ3v) is 5.03. The lowest BCUT2D eigenvalue weighted by Crippen LogP contribution is -2.25. The molecule has 0 spiro atoms. The number of pyridine rings is 1. The van der Waals surface area contributed by atoms with E-state index in [4.69, 9.17) is 0 Å². The van der Waals surface area contributed by atoms with Crippen molar-refractivity contribution in [2.75, 3.05) is 0 Å². The molecule has 0 saturated heterocycles. The number of hydrogen-bond acceptors (Lipinski definition) is 3. The molecule has 0 aliphatic heterocycles. The third kappa shape index (κ3) is 3.25. The summed E-state index contributed by atoms with van der Waals surface area (Å²) in [4.78, 5) is 18.0. The highest BCUT2D eigenvalue weighted by atomic mass is 79.9. The van der Waals surface area contributed by atoms with Gasteiger partial charge in [-0.05, 0) is 49.4 Å². The minimum Gasteiger partial charge on any atom is -0.506 e. The summed E-state index contributed by atoms with van der Waals surface area (Å²) < 4.78 is 2.51. The molecule has 1 aromatic heterocycles. The lowest BCUT2D eigenvalue weighted by molar-refractivity contribution is 0.478. The van der Waals surface area contributed by atoms with E-state index in [1.54, 1.807) is 17.6 Å². The van der Waals surface area contributed by atoms with Crippen LogP contribution in [0.25, 0.3) is 16.6 Å². The van der Waals surface area contributed by atoms with Gasteiger partial charge in [0.15, 0.2) is 0 Å². The zero-order chi connectivity index (χ0) is 19.7. The predicted octanol–water partition coefficient (Wildman–Crippen LogP) is 5.60. The molecule has 0 saturated carbocycles. The molecule has 3 aromatic carbocycles. The molecule has 1 heterocycles. The minimum atomic E-state index is -0.307. The number of para-hydroxylation sites is 2. The van der Waals surface area contributed by atoms with Crippen LogP contribution in [0.2, 0.25) is 0 Å². The van der Waals surface area contributed by atoms with Crippen LogP contribution in [0.4, 0.5) is 5.69 Å². The Morgan fingerprint density at radius 3 is 2.43 bits per heavy atom. The van der Waals surface area contributed by atoms with Crippen molar-refractivity contribution in [3.8, 4) is 11.4 Å². The Kier molecular flexibility index (Phi) is 4.84. The summed E-state index contributed by atoms with van der Waals surface area (Å²) in [7, 11) is 0. The van der Waals surface area contributed by atoms with Gasteiger partial charge in [0, 0.05) is 15.5 Å². The van der Waals surface area contributed by atoms with Crippen molar-refractivity contribution in [3.05, 3.63) is 99.3 Å². The van der Waals surface area contributed by atoms with Gasteiger partial charge in [0.2, 0.25) is 0 Å². The lowest BCUT2D eigenvalue weighted by atomic mass is 10.1. The second kappa shape index (κ2) is 7.44. The second-order valence-corrected chi connectivity index (χ2v) is 7.31. The van der Waals surface area contributed by atoms with Gasteiger partial charge in [-0.2, -0.15) is 0 Å². The molecule has 1 N–H and O–H groups in total. The van der Waals surface area contributed by atoms with Crippen LogP contribution in [-0.2, 0) is 0 Å². The van der Waals surface area contributed by atoms with Crippen molar-refractivity contribution < 1.29 is 5.11 Å². The normalized spacial score (nSPS) is 11.7. The molecule has 0 aliphatic carbocycles. The first kappa shape index (κ1) is 18.2. The van der Waals surface area contributed by atoms with Crippen LogP contribution in [0.15, 0.2) is 93.1 Å². The fourth-order valence-electron chi connectivity index (χ4n) is 3.28. The molecule has 4 rings (SSSR count). The average Bonchev–Trinajstić information content (AvgIpc) is 2.69. The molecule has 4 aromatic rings. The number of benzene rings is 3. The highest BCUT2D eigenvalue weighted by Crippen LogP contribution is 2.29. The van der Waals surface area contributed by atoms with E-state index in [-0.39, 0.29) is 16.9 Å². The number of aromatic hydroxyl groups is 1. The summed E-state index contributed by atoms with van der Waals surface area (Å²) in [6, 6.07) is 24.2. The highest BCUT2D eigenvalue weighted by molar-refractivity contribution is 9.10. The number of aromatic nitrogens is 1. The van der Waals surface area contributed by atoms with E-state index < -0.39 is 0 Å². The molecule has 0 atom stereocenters. The van der Waals surface area contributed by atoms with Crippen LogP contribution >= 0.6 is 15.9 Å². The van der Waals surface area contributed by atoms with Crippen LogP contribution < -0.4 is 5.56 Å². The van der Waals surface area contributed by atoms with Gasteiger partial charge in [-0.25, -0.2) is 0 Å². The second-order valence-electron chi connectivity index (χ2n) is 6.39. The first-order valence-corrected chi connectivity index (χ1v) is 9.59. The van der Waals surface area contributed by atoms with E-state index in [2.05, 4.69) is 20.9 Å². The van der Waals surface area contributed by atoms with E-state index in [9.17, 15) is 9.90 Å². The van der Waals surface area contributed by atoms with Crippen molar-refractivity contribution >= 4 is 38.2 Å². The van der Waals surface area contributed by atoms with Gasteiger partial charge in [0.05, 0.1) is 16.9 Å². The molecule has 0 radical (unpaired) electrons. The Labute approximate surface area is 170 Å². The monoisotopic (exact) mass is 432 g/mol. The van der Waals surface area contributed by atoms with Crippen LogP contribution in [0.3, 0.4) is 0 Å². The van der Waals surface area contributed by atoms with Crippen LogP contribution in [0, 0.1) is 0 Å². The number of nitrogens with zero attached hydrogens (tertiary/aromatic N) is 2. The topological polar surface area (TPSA) is 54.6 Å². The standard InChI is InChI=1S/C23H17BrN2O2/c1-15(25-17-9-7-8-16(24)14-17)21-22(27)19-12-5-6-13-20(19)26(23(21)28)18-10-3-2-4-11-18/h2-14,27H,1H3. The van der Waals surface area contributed by atoms with Crippen LogP contribution in [-0.4, -0.2) is 15.4 Å². The number of aliphatic imine (C=N–C) groups is 1. The number of fused-ring (bicyclic) bond motifs is 1. The van der Waals surface area contributed by atoms with E-state index in [0.717, 1.165) is 10.2 Å². The van der Waals surface area contributed by atoms with E-state index in [1.165, 1.54) is 0 Å². The average molecular weight is 433 g/mol. The predicted molar refractivity (Wildman–Crippen MR) is 117 cm³/mol. The number of rotatable bonds is 3. The SMILES string of the molecule is CC(=Nc1cccc(Br)c1)c1c(O)c2ccccc2n(-c2ccccc2)c1=O. The highest BCUT2D eigenvalue weighted by Gasteiger charge is 2.19. The van der Waals surface area contributed by atoms with Gasteiger partial charge in [-0.1, -0.05) is 52.3 Å². The Balaban J connectivity index is 2.03.